The Bertz CT molecular complexity index is 988. The molecule has 3 heterocycles. The number of carbonyl (C=O) groups is 1. The lowest BCUT2D eigenvalue weighted by atomic mass is 10.1. The highest BCUT2D eigenvalue weighted by molar-refractivity contribution is 5.81. The molecule has 7 heteroatoms. The summed E-state index contributed by atoms with van der Waals surface area (Å²) >= 11 is 0. The van der Waals surface area contributed by atoms with Crippen molar-refractivity contribution in [2.24, 2.45) is 0 Å². The summed E-state index contributed by atoms with van der Waals surface area (Å²) in [5.41, 5.74) is 4.25. The van der Waals surface area contributed by atoms with Gasteiger partial charge in [0.15, 0.2) is 0 Å². The van der Waals surface area contributed by atoms with Gasteiger partial charge in [-0.1, -0.05) is 18.2 Å². The molecule has 1 aliphatic heterocycles. The number of aromatic nitrogens is 2. The molecule has 1 aromatic carbocycles. The third-order valence-corrected chi connectivity index (χ3v) is 5.28. The smallest absolute Gasteiger partial charge is 0.317 e. The normalized spacial score (nSPS) is 14.7. The zero-order valence-electron chi connectivity index (χ0n) is 16.7. The first kappa shape index (κ1) is 18.6. The van der Waals surface area contributed by atoms with E-state index in [1.165, 1.54) is 21.5 Å². The predicted octanol–water partition coefficient (Wildman–Crippen LogP) is 3.11. The second kappa shape index (κ2) is 7.67. The van der Waals surface area contributed by atoms with Crippen molar-refractivity contribution in [1.29, 1.82) is 0 Å². The van der Waals surface area contributed by atoms with Crippen molar-refractivity contribution in [1.82, 2.24) is 24.9 Å². The van der Waals surface area contributed by atoms with Crippen LogP contribution in [-0.4, -0.2) is 46.3 Å². The second-order valence-corrected chi connectivity index (χ2v) is 7.61. The van der Waals surface area contributed by atoms with E-state index in [4.69, 9.17) is 4.42 Å². The molecule has 4 rings (SSSR count). The number of amides is 2. The van der Waals surface area contributed by atoms with E-state index < -0.39 is 0 Å². The maximum Gasteiger partial charge on any atom is 0.317 e. The van der Waals surface area contributed by atoms with Gasteiger partial charge >= 0.3 is 6.03 Å². The molecule has 2 amide bonds. The first-order valence-corrected chi connectivity index (χ1v) is 9.71. The molecule has 3 aromatic rings. The molecule has 0 atom stereocenters. The van der Waals surface area contributed by atoms with Gasteiger partial charge in [-0.15, -0.1) is 0 Å². The van der Waals surface area contributed by atoms with Crippen LogP contribution in [0.25, 0.3) is 11.0 Å². The van der Waals surface area contributed by atoms with Crippen molar-refractivity contribution < 1.29 is 9.21 Å². The molecule has 28 heavy (non-hydrogen) atoms. The molecule has 0 saturated carbocycles. The van der Waals surface area contributed by atoms with Crippen molar-refractivity contribution >= 4 is 17.0 Å². The topological polar surface area (TPSA) is 66.5 Å². The summed E-state index contributed by atoms with van der Waals surface area (Å²) in [4.78, 5) is 15.7. The average molecular weight is 381 g/mol. The van der Waals surface area contributed by atoms with Gasteiger partial charge in [0.05, 0.1) is 24.5 Å². The maximum atomic E-state index is 11.7. The summed E-state index contributed by atoms with van der Waals surface area (Å²) in [6.45, 7) is 6.09. The highest BCUT2D eigenvalue weighted by Gasteiger charge is 2.20. The first-order valence-electron chi connectivity index (χ1n) is 9.71. The molecule has 0 fully saturated rings. The van der Waals surface area contributed by atoms with Crippen LogP contribution in [0.1, 0.15) is 29.1 Å². The lowest BCUT2D eigenvalue weighted by Gasteiger charge is -2.18. The fraction of sp³-hybridized carbons (Fsp3) is 0.429. The number of carbonyl (C=O) groups excluding carboxylic acids is 1. The van der Waals surface area contributed by atoms with Crippen molar-refractivity contribution in [2.75, 3.05) is 20.6 Å². The van der Waals surface area contributed by atoms with Crippen molar-refractivity contribution in [2.45, 2.75) is 39.5 Å². The van der Waals surface area contributed by atoms with Crippen LogP contribution < -0.4 is 5.32 Å². The summed E-state index contributed by atoms with van der Waals surface area (Å²) in [6.07, 6.45) is 1.04. The van der Waals surface area contributed by atoms with Gasteiger partial charge in [-0.3, -0.25) is 9.58 Å². The quantitative estimate of drug-likeness (QED) is 0.754. The van der Waals surface area contributed by atoms with E-state index >= 15 is 0 Å². The largest absolute Gasteiger partial charge is 0.459 e. The highest BCUT2D eigenvalue weighted by atomic mass is 16.3. The summed E-state index contributed by atoms with van der Waals surface area (Å²) in [5.74, 6) is 1.03. The fourth-order valence-electron chi connectivity index (χ4n) is 3.71. The number of nitrogens with one attached hydrogen (secondary N) is 1. The summed E-state index contributed by atoms with van der Waals surface area (Å²) < 4.78 is 8.18. The number of nitrogens with zero attached hydrogens (tertiary/aromatic N) is 4. The van der Waals surface area contributed by atoms with Crippen molar-refractivity contribution in [3.8, 4) is 0 Å². The number of aryl methyl sites for hydroxylation is 2. The number of para-hydroxylation sites is 1. The minimum atomic E-state index is -0.106. The van der Waals surface area contributed by atoms with E-state index in [1.807, 2.05) is 12.1 Å². The van der Waals surface area contributed by atoms with E-state index in [-0.39, 0.29) is 6.03 Å². The van der Waals surface area contributed by atoms with Gasteiger partial charge in [-0.25, -0.2) is 4.79 Å². The van der Waals surface area contributed by atoms with Gasteiger partial charge in [0, 0.05) is 39.1 Å². The maximum absolute atomic E-state index is 11.7. The SMILES string of the molecule is Cc1c(CN2CCCn3nc(CNC(=O)N(C)C)cc3C2)oc2ccccc12. The average Bonchev–Trinajstić information content (AvgIpc) is 3.14. The number of furan rings is 1. The number of fused-ring (bicyclic) bond motifs is 2. The van der Waals surface area contributed by atoms with Crippen LogP contribution in [0.15, 0.2) is 34.7 Å². The van der Waals surface area contributed by atoms with Crippen LogP contribution in [0.3, 0.4) is 0 Å². The summed E-state index contributed by atoms with van der Waals surface area (Å²) in [6, 6.07) is 10.2. The van der Waals surface area contributed by atoms with Crippen LogP contribution in [0.2, 0.25) is 0 Å². The fourth-order valence-corrected chi connectivity index (χ4v) is 3.71. The molecule has 0 aliphatic carbocycles. The van der Waals surface area contributed by atoms with Crippen LogP contribution in [0, 0.1) is 6.92 Å². The van der Waals surface area contributed by atoms with Gasteiger partial charge in [-0.2, -0.15) is 5.10 Å². The van der Waals surface area contributed by atoms with E-state index in [0.29, 0.717) is 6.54 Å². The van der Waals surface area contributed by atoms with Gasteiger partial charge in [-0.05, 0) is 31.0 Å². The van der Waals surface area contributed by atoms with E-state index in [2.05, 4.69) is 45.1 Å². The third-order valence-electron chi connectivity index (χ3n) is 5.28. The molecular weight excluding hydrogens is 354 g/mol. The van der Waals surface area contributed by atoms with Crippen LogP contribution >= 0.6 is 0 Å². The Morgan fingerprint density at radius 2 is 2.11 bits per heavy atom. The molecule has 0 radical (unpaired) electrons. The van der Waals surface area contributed by atoms with Crippen LogP contribution in [0.5, 0.6) is 0 Å². The van der Waals surface area contributed by atoms with Gasteiger partial charge in [0.1, 0.15) is 11.3 Å². The standard InChI is InChI=1S/C21H27N5O2/c1-15-18-7-4-5-8-19(18)28-20(15)14-25-9-6-10-26-17(13-25)11-16(23-26)12-22-21(27)24(2)3/h4-5,7-8,11H,6,9-10,12-14H2,1-3H3,(H,22,27). The third kappa shape index (κ3) is 3.75. The molecule has 2 aromatic heterocycles. The minimum absolute atomic E-state index is 0.106. The van der Waals surface area contributed by atoms with Gasteiger partial charge < -0.3 is 14.6 Å². The highest BCUT2D eigenvalue weighted by Crippen LogP contribution is 2.27. The monoisotopic (exact) mass is 381 g/mol. The number of hydrogen-bond donors (Lipinski definition) is 1. The number of hydrogen-bond acceptors (Lipinski definition) is 4. The van der Waals surface area contributed by atoms with E-state index in [0.717, 1.165) is 49.6 Å². The molecule has 148 valence electrons. The minimum Gasteiger partial charge on any atom is -0.459 e. The number of urea groups is 1. The molecule has 0 bridgehead atoms. The Balaban J connectivity index is 1.46. The van der Waals surface area contributed by atoms with Crippen LogP contribution in [0.4, 0.5) is 4.79 Å². The molecular formula is C21H27N5O2. The predicted molar refractivity (Wildman–Crippen MR) is 108 cm³/mol. The van der Waals surface area contributed by atoms with Gasteiger partial charge in [0.2, 0.25) is 0 Å². The van der Waals surface area contributed by atoms with Crippen LogP contribution in [-0.2, 0) is 26.2 Å². The van der Waals surface area contributed by atoms with Crippen molar-refractivity contribution in [3.05, 3.63) is 53.0 Å². The first-order chi connectivity index (χ1) is 13.5. The molecule has 1 aliphatic rings. The summed E-state index contributed by atoms with van der Waals surface area (Å²) in [5, 5.41) is 8.74. The molecule has 0 saturated heterocycles. The second-order valence-electron chi connectivity index (χ2n) is 7.61. The zero-order valence-corrected chi connectivity index (χ0v) is 16.7. The summed E-state index contributed by atoms with van der Waals surface area (Å²) in [7, 11) is 3.46. The lowest BCUT2D eigenvalue weighted by Crippen LogP contribution is -2.34. The Hall–Kier alpha value is -2.80. The molecule has 0 unspecified atom stereocenters. The molecule has 7 nitrogen and oxygen atoms in total. The van der Waals surface area contributed by atoms with Crippen molar-refractivity contribution in [3.63, 3.8) is 0 Å². The molecule has 1 N–H and O–H groups in total. The number of rotatable bonds is 4. The Morgan fingerprint density at radius 1 is 1.29 bits per heavy atom. The Kier molecular flexibility index (Phi) is 5.09. The van der Waals surface area contributed by atoms with E-state index in [9.17, 15) is 4.79 Å². The molecule has 0 spiro atoms. The van der Waals surface area contributed by atoms with Gasteiger partial charge in [0.25, 0.3) is 0 Å². The Labute approximate surface area is 164 Å². The lowest BCUT2D eigenvalue weighted by molar-refractivity contribution is 0.217. The number of benzene rings is 1. The zero-order chi connectivity index (χ0) is 19.7. The Morgan fingerprint density at radius 3 is 2.89 bits per heavy atom. The van der Waals surface area contributed by atoms with E-state index in [1.54, 1.807) is 14.1 Å².